The molecule has 0 bridgehead atoms. The van der Waals surface area contributed by atoms with Gasteiger partial charge in [0.1, 0.15) is 5.60 Å². The number of hydrogen-bond acceptors (Lipinski definition) is 5. The largest absolute Gasteiger partial charge is 0.444 e. The van der Waals surface area contributed by atoms with E-state index in [1.807, 2.05) is 45.0 Å². The number of rotatable bonds is 5. The van der Waals surface area contributed by atoms with E-state index in [4.69, 9.17) is 27.2 Å². The minimum absolute atomic E-state index is 0.00808. The first-order valence-corrected chi connectivity index (χ1v) is 10.9. The Kier molecular flexibility index (Phi) is 6.78. The molecule has 3 rings (SSSR count). The average molecular weight is 434 g/mol. The van der Waals surface area contributed by atoms with Gasteiger partial charge in [-0.3, -0.25) is 9.89 Å². The van der Waals surface area contributed by atoms with E-state index in [2.05, 4.69) is 4.99 Å². The zero-order chi connectivity index (χ0) is 21.9. The Morgan fingerprint density at radius 1 is 1.37 bits per heavy atom. The van der Waals surface area contributed by atoms with E-state index in [0.717, 1.165) is 30.4 Å². The Morgan fingerprint density at radius 2 is 2.03 bits per heavy atom. The quantitative estimate of drug-likeness (QED) is 0.685. The molecular weight excluding hydrogens is 402 g/mol. The summed E-state index contributed by atoms with van der Waals surface area (Å²) < 4.78 is 5.73. The van der Waals surface area contributed by atoms with Crippen molar-refractivity contribution in [1.82, 2.24) is 4.90 Å². The third-order valence-corrected chi connectivity index (χ3v) is 6.14. The van der Waals surface area contributed by atoms with E-state index in [0.29, 0.717) is 30.2 Å². The van der Waals surface area contributed by atoms with Crippen LogP contribution in [0.4, 0.5) is 4.79 Å². The average Bonchev–Trinajstić information content (AvgIpc) is 2.63. The number of ether oxygens (including phenoxy) is 1. The van der Waals surface area contributed by atoms with Crippen LogP contribution in [0.3, 0.4) is 0 Å². The standard InChI is InChI=1S/C23H32ClN3O3/c1-22(2,3)30-21(29)27-13-9-16(15-26-12-14-28)19(25)20(27)23(10-4-11-23)17-5-7-18(24)8-6-17/h5-8,15,20,28H,4,9-14,25H2,1-3H3. The second-order valence-corrected chi connectivity index (χ2v) is 9.52. The van der Waals surface area contributed by atoms with Crippen molar-refractivity contribution < 1.29 is 14.6 Å². The Balaban J connectivity index is 2.05. The van der Waals surface area contributed by atoms with Gasteiger partial charge in [-0.25, -0.2) is 4.79 Å². The molecule has 3 N–H and O–H groups in total. The first-order valence-electron chi connectivity index (χ1n) is 10.5. The number of aliphatic hydroxyl groups is 1. The summed E-state index contributed by atoms with van der Waals surface area (Å²) in [5.41, 5.74) is 8.56. The second kappa shape index (κ2) is 8.98. The predicted molar refractivity (Wildman–Crippen MR) is 120 cm³/mol. The Morgan fingerprint density at radius 3 is 2.57 bits per heavy atom. The molecule has 1 atom stereocenters. The first kappa shape index (κ1) is 22.6. The molecule has 0 saturated heterocycles. The van der Waals surface area contributed by atoms with Crippen LogP contribution in [0.15, 0.2) is 40.5 Å². The highest BCUT2D eigenvalue weighted by atomic mass is 35.5. The van der Waals surface area contributed by atoms with Crippen molar-refractivity contribution in [2.45, 2.75) is 63.5 Å². The van der Waals surface area contributed by atoms with Gasteiger partial charge in [0, 0.05) is 28.9 Å². The fraction of sp³-hybridized carbons (Fsp3) is 0.565. The number of hydrogen-bond donors (Lipinski definition) is 2. The summed E-state index contributed by atoms with van der Waals surface area (Å²) in [6.07, 6.45) is 4.94. The smallest absolute Gasteiger partial charge is 0.410 e. The van der Waals surface area contributed by atoms with Gasteiger partial charge < -0.3 is 15.6 Å². The number of aliphatic imine (C=N–C) groups is 1. The minimum Gasteiger partial charge on any atom is -0.444 e. The molecule has 164 valence electrons. The summed E-state index contributed by atoms with van der Waals surface area (Å²) >= 11 is 6.13. The van der Waals surface area contributed by atoms with E-state index < -0.39 is 5.60 Å². The van der Waals surface area contributed by atoms with Crippen LogP contribution in [-0.2, 0) is 10.2 Å². The summed E-state index contributed by atoms with van der Waals surface area (Å²) in [7, 11) is 0. The van der Waals surface area contributed by atoms with Crippen LogP contribution in [-0.4, -0.2) is 53.7 Å². The summed E-state index contributed by atoms with van der Waals surface area (Å²) in [5.74, 6) is 0. The Bertz CT molecular complexity index is 823. The number of benzene rings is 1. The zero-order valence-electron chi connectivity index (χ0n) is 18.0. The van der Waals surface area contributed by atoms with E-state index in [1.165, 1.54) is 0 Å². The lowest BCUT2D eigenvalue weighted by Crippen LogP contribution is -2.61. The van der Waals surface area contributed by atoms with Crippen molar-refractivity contribution in [3.63, 3.8) is 0 Å². The molecule has 1 unspecified atom stereocenters. The molecule has 1 heterocycles. The molecule has 1 aromatic carbocycles. The van der Waals surface area contributed by atoms with Gasteiger partial charge in [-0.1, -0.05) is 30.2 Å². The first-order chi connectivity index (χ1) is 14.2. The fourth-order valence-corrected chi connectivity index (χ4v) is 4.53. The van der Waals surface area contributed by atoms with Crippen LogP contribution >= 0.6 is 11.6 Å². The molecule has 0 spiro atoms. The van der Waals surface area contributed by atoms with Crippen molar-refractivity contribution in [3.8, 4) is 0 Å². The number of aliphatic hydroxyl groups excluding tert-OH is 1. The Hall–Kier alpha value is -2.05. The molecule has 1 saturated carbocycles. The topological polar surface area (TPSA) is 88.1 Å². The van der Waals surface area contributed by atoms with Crippen LogP contribution in [0.1, 0.15) is 52.0 Å². The second-order valence-electron chi connectivity index (χ2n) is 9.08. The van der Waals surface area contributed by atoms with Crippen LogP contribution < -0.4 is 5.73 Å². The van der Waals surface area contributed by atoms with Crippen molar-refractivity contribution in [3.05, 3.63) is 46.1 Å². The maximum atomic E-state index is 13.1. The monoisotopic (exact) mass is 433 g/mol. The predicted octanol–water partition coefficient (Wildman–Crippen LogP) is 4.05. The van der Waals surface area contributed by atoms with Gasteiger partial charge in [-0.15, -0.1) is 0 Å². The van der Waals surface area contributed by atoms with Gasteiger partial charge in [0.25, 0.3) is 0 Å². The summed E-state index contributed by atoms with van der Waals surface area (Å²) in [6.45, 7) is 6.44. The van der Waals surface area contributed by atoms with Gasteiger partial charge in [-0.2, -0.15) is 0 Å². The molecule has 1 fully saturated rings. The van der Waals surface area contributed by atoms with Gasteiger partial charge in [0.05, 0.1) is 19.2 Å². The number of halogens is 1. The molecule has 0 radical (unpaired) electrons. The van der Waals surface area contributed by atoms with E-state index in [9.17, 15) is 4.79 Å². The van der Waals surface area contributed by atoms with Gasteiger partial charge in [-0.05, 0) is 63.3 Å². The molecule has 1 aliphatic carbocycles. The Labute approximate surface area is 183 Å². The highest BCUT2D eigenvalue weighted by Crippen LogP contribution is 2.51. The SMILES string of the molecule is CC(C)(C)OC(=O)N1CCC(C=NCCO)=C(N)C1C1(c2ccc(Cl)cc2)CCC1. The lowest BCUT2D eigenvalue weighted by molar-refractivity contribution is 0.000267. The third kappa shape index (κ3) is 4.65. The van der Waals surface area contributed by atoms with E-state index in [1.54, 1.807) is 11.1 Å². The lowest BCUT2D eigenvalue weighted by atomic mass is 9.58. The maximum Gasteiger partial charge on any atom is 0.410 e. The van der Waals surface area contributed by atoms with Crippen molar-refractivity contribution in [1.29, 1.82) is 0 Å². The lowest BCUT2D eigenvalue weighted by Gasteiger charge is -2.53. The van der Waals surface area contributed by atoms with Crippen LogP contribution in [0.5, 0.6) is 0 Å². The van der Waals surface area contributed by atoms with Crippen molar-refractivity contribution in [2.75, 3.05) is 19.7 Å². The molecule has 1 aliphatic heterocycles. The minimum atomic E-state index is -0.587. The fourth-order valence-electron chi connectivity index (χ4n) is 4.40. The van der Waals surface area contributed by atoms with E-state index in [-0.39, 0.29) is 24.2 Å². The zero-order valence-corrected chi connectivity index (χ0v) is 18.8. The van der Waals surface area contributed by atoms with Crippen LogP contribution in [0.25, 0.3) is 0 Å². The number of nitrogens with zero attached hydrogens (tertiary/aromatic N) is 2. The van der Waals surface area contributed by atoms with Gasteiger partial charge in [0.15, 0.2) is 0 Å². The van der Waals surface area contributed by atoms with Crippen molar-refractivity contribution in [2.24, 2.45) is 10.7 Å². The number of carbonyl (C=O) groups is 1. The van der Waals surface area contributed by atoms with Crippen LogP contribution in [0, 0.1) is 0 Å². The van der Waals surface area contributed by atoms with E-state index >= 15 is 0 Å². The maximum absolute atomic E-state index is 13.1. The highest BCUT2D eigenvalue weighted by molar-refractivity contribution is 6.30. The normalized spacial score (nSPS) is 21.6. The van der Waals surface area contributed by atoms with Crippen molar-refractivity contribution >= 4 is 23.9 Å². The molecule has 1 aromatic rings. The summed E-state index contributed by atoms with van der Waals surface area (Å²) in [6, 6.07) is 7.54. The molecule has 6 nitrogen and oxygen atoms in total. The third-order valence-electron chi connectivity index (χ3n) is 5.89. The molecular formula is C23H32ClN3O3. The summed E-state index contributed by atoms with van der Waals surface area (Å²) in [4.78, 5) is 19.2. The molecule has 1 amide bonds. The number of nitrogens with two attached hydrogens (primary N) is 1. The van der Waals surface area contributed by atoms with Gasteiger partial charge in [0.2, 0.25) is 0 Å². The highest BCUT2D eigenvalue weighted by Gasteiger charge is 2.52. The van der Waals surface area contributed by atoms with Gasteiger partial charge >= 0.3 is 6.09 Å². The summed E-state index contributed by atoms with van der Waals surface area (Å²) in [5, 5.41) is 9.72. The molecule has 7 heteroatoms. The number of amides is 1. The number of carbonyl (C=O) groups excluding carboxylic acids is 1. The van der Waals surface area contributed by atoms with Crippen LogP contribution in [0.2, 0.25) is 5.02 Å². The molecule has 0 aromatic heterocycles. The molecule has 2 aliphatic rings. The molecule has 30 heavy (non-hydrogen) atoms.